The second kappa shape index (κ2) is 9.92. The predicted molar refractivity (Wildman–Crippen MR) is 111 cm³/mol. The molecule has 0 aliphatic heterocycles. The first-order valence-electron chi connectivity index (χ1n) is 8.91. The van der Waals surface area contributed by atoms with Crippen LogP contribution in [0.3, 0.4) is 0 Å². The number of nitrogens with one attached hydrogen (secondary N) is 3. The first kappa shape index (κ1) is 22.2. The van der Waals surface area contributed by atoms with E-state index in [4.69, 9.17) is 4.74 Å². The molecule has 2 amide bonds. The third kappa shape index (κ3) is 7.46. The van der Waals surface area contributed by atoms with Crippen LogP contribution in [-0.2, 0) is 26.2 Å². The van der Waals surface area contributed by atoms with Crippen LogP contribution in [-0.4, -0.2) is 33.6 Å². The summed E-state index contributed by atoms with van der Waals surface area (Å²) in [5.74, 6) is 0.143. The number of hydrogen-bond acceptors (Lipinski definition) is 5. The highest BCUT2D eigenvalue weighted by Crippen LogP contribution is 2.21. The molecule has 3 N–H and O–H groups in total. The number of carbonyl (C=O) groups excluding carboxylic acids is 2. The van der Waals surface area contributed by atoms with Gasteiger partial charge in [-0.1, -0.05) is 30.3 Å². The molecule has 1 unspecified atom stereocenters. The Morgan fingerprint density at radius 2 is 1.72 bits per heavy atom. The fourth-order valence-electron chi connectivity index (χ4n) is 2.76. The number of rotatable bonds is 9. The van der Waals surface area contributed by atoms with Crippen LogP contribution >= 0.6 is 0 Å². The molecular weight excluding hydrogens is 394 g/mol. The molecule has 0 fully saturated rings. The van der Waals surface area contributed by atoms with Crippen molar-refractivity contribution in [2.45, 2.75) is 25.9 Å². The fraction of sp³-hybridized carbons (Fsp3) is 0.300. The van der Waals surface area contributed by atoms with E-state index >= 15 is 0 Å². The molecule has 1 atom stereocenters. The third-order valence-electron chi connectivity index (χ3n) is 4.07. The largest absolute Gasteiger partial charge is 0.497 e. The second-order valence-corrected chi connectivity index (χ2v) is 8.29. The first-order valence-corrected chi connectivity index (χ1v) is 10.8. The van der Waals surface area contributed by atoms with E-state index in [1.165, 1.54) is 6.92 Å². The molecule has 0 spiro atoms. The number of benzene rings is 2. The summed E-state index contributed by atoms with van der Waals surface area (Å²) in [7, 11) is -1.87. The predicted octanol–water partition coefficient (Wildman–Crippen LogP) is 1.95. The van der Waals surface area contributed by atoms with E-state index in [0.29, 0.717) is 17.0 Å². The molecule has 0 saturated heterocycles. The summed E-state index contributed by atoms with van der Waals surface area (Å²) >= 11 is 0. The molecule has 0 aliphatic rings. The molecule has 2 aromatic rings. The molecule has 0 aromatic heterocycles. The van der Waals surface area contributed by atoms with Gasteiger partial charge in [-0.3, -0.25) is 14.3 Å². The summed E-state index contributed by atoms with van der Waals surface area (Å²) in [4.78, 5) is 24.0. The zero-order valence-electron chi connectivity index (χ0n) is 16.6. The molecule has 0 heterocycles. The molecular formula is C20H25N3O5S. The van der Waals surface area contributed by atoms with Crippen LogP contribution in [0.4, 0.5) is 5.69 Å². The minimum atomic E-state index is -3.43. The molecule has 8 nitrogen and oxygen atoms in total. The van der Waals surface area contributed by atoms with Gasteiger partial charge in [0.05, 0.1) is 31.5 Å². The zero-order chi connectivity index (χ0) is 21.4. The maximum absolute atomic E-state index is 12.5. The van der Waals surface area contributed by atoms with Crippen molar-refractivity contribution in [3.8, 4) is 5.75 Å². The van der Waals surface area contributed by atoms with Gasteiger partial charge >= 0.3 is 0 Å². The van der Waals surface area contributed by atoms with E-state index < -0.39 is 16.1 Å². The van der Waals surface area contributed by atoms with E-state index in [1.54, 1.807) is 55.6 Å². The SMILES string of the molecule is COc1ccc(C(CC(=O)NCc2ccccc2NS(C)(=O)=O)NC(C)=O)cc1. The quantitative estimate of drug-likeness (QED) is 0.575. The highest BCUT2D eigenvalue weighted by molar-refractivity contribution is 7.92. The fourth-order valence-corrected chi connectivity index (χ4v) is 3.36. The van der Waals surface area contributed by atoms with Gasteiger partial charge < -0.3 is 15.4 Å². The van der Waals surface area contributed by atoms with Crippen molar-refractivity contribution >= 4 is 27.5 Å². The smallest absolute Gasteiger partial charge is 0.229 e. The summed E-state index contributed by atoms with van der Waals surface area (Å²) in [5.41, 5.74) is 1.81. The number of ether oxygens (including phenoxy) is 1. The summed E-state index contributed by atoms with van der Waals surface area (Å²) < 4.78 is 30.5. The van der Waals surface area contributed by atoms with Crippen molar-refractivity contribution < 1.29 is 22.7 Å². The molecule has 156 valence electrons. The monoisotopic (exact) mass is 419 g/mol. The first-order chi connectivity index (χ1) is 13.7. The lowest BCUT2D eigenvalue weighted by atomic mass is 10.0. The van der Waals surface area contributed by atoms with Gasteiger partial charge in [-0.2, -0.15) is 0 Å². The van der Waals surface area contributed by atoms with Gasteiger partial charge in [0, 0.05) is 13.5 Å². The summed E-state index contributed by atoms with van der Waals surface area (Å²) in [6.45, 7) is 1.54. The van der Waals surface area contributed by atoms with E-state index in [9.17, 15) is 18.0 Å². The van der Waals surface area contributed by atoms with Crippen LogP contribution in [0.5, 0.6) is 5.75 Å². The Bertz CT molecular complexity index is 958. The average Bonchev–Trinajstić information content (AvgIpc) is 2.65. The summed E-state index contributed by atoms with van der Waals surface area (Å²) in [5, 5.41) is 5.54. The highest BCUT2D eigenvalue weighted by Gasteiger charge is 2.17. The molecule has 2 rings (SSSR count). The summed E-state index contributed by atoms with van der Waals surface area (Å²) in [6.07, 6.45) is 1.10. The number of anilines is 1. The van der Waals surface area contributed by atoms with Crippen LogP contribution in [0, 0.1) is 0 Å². The van der Waals surface area contributed by atoms with Gasteiger partial charge in [0.2, 0.25) is 21.8 Å². The Morgan fingerprint density at radius 1 is 1.07 bits per heavy atom. The number of sulfonamides is 1. The number of para-hydroxylation sites is 1. The van der Waals surface area contributed by atoms with Crippen molar-refractivity contribution in [3.05, 3.63) is 59.7 Å². The molecule has 0 aliphatic carbocycles. The lowest BCUT2D eigenvalue weighted by molar-refractivity contribution is -0.122. The number of methoxy groups -OCH3 is 1. The zero-order valence-corrected chi connectivity index (χ0v) is 17.4. The van der Waals surface area contributed by atoms with Gasteiger partial charge in [-0.15, -0.1) is 0 Å². The van der Waals surface area contributed by atoms with Gasteiger partial charge in [-0.05, 0) is 29.3 Å². The minimum absolute atomic E-state index is 0.0353. The van der Waals surface area contributed by atoms with Crippen LogP contribution in [0.2, 0.25) is 0 Å². The van der Waals surface area contributed by atoms with Crippen molar-refractivity contribution in [2.24, 2.45) is 0 Å². The van der Waals surface area contributed by atoms with E-state index in [0.717, 1.165) is 11.8 Å². The molecule has 9 heteroatoms. The van der Waals surface area contributed by atoms with E-state index in [-0.39, 0.29) is 24.8 Å². The third-order valence-corrected chi connectivity index (χ3v) is 4.66. The molecule has 29 heavy (non-hydrogen) atoms. The average molecular weight is 420 g/mol. The van der Waals surface area contributed by atoms with Crippen molar-refractivity contribution in [1.29, 1.82) is 0 Å². The maximum atomic E-state index is 12.5. The Labute approximate surface area is 170 Å². The molecule has 0 bridgehead atoms. The Morgan fingerprint density at radius 3 is 2.31 bits per heavy atom. The Hall–Kier alpha value is -3.07. The van der Waals surface area contributed by atoms with Gasteiger partial charge in [0.25, 0.3) is 0 Å². The van der Waals surface area contributed by atoms with Gasteiger partial charge in [-0.25, -0.2) is 8.42 Å². The topological polar surface area (TPSA) is 114 Å². The van der Waals surface area contributed by atoms with Gasteiger partial charge in [0.15, 0.2) is 0 Å². The number of hydrogen-bond donors (Lipinski definition) is 3. The molecule has 0 saturated carbocycles. The van der Waals surface area contributed by atoms with Crippen LogP contribution < -0.4 is 20.1 Å². The minimum Gasteiger partial charge on any atom is -0.497 e. The lowest BCUT2D eigenvalue weighted by Crippen LogP contribution is -2.32. The van der Waals surface area contributed by atoms with E-state index in [1.807, 2.05) is 0 Å². The Balaban J connectivity index is 2.06. The number of amides is 2. The Kier molecular flexibility index (Phi) is 7.60. The molecule has 2 aromatic carbocycles. The standard InChI is InChI=1S/C20H25N3O5S/c1-14(24)22-19(15-8-10-17(28-2)11-9-15)12-20(25)21-13-16-6-4-5-7-18(16)23-29(3,26)27/h4-11,19,23H,12-13H2,1-3H3,(H,21,25)(H,22,24). The van der Waals surface area contributed by atoms with E-state index in [2.05, 4.69) is 15.4 Å². The van der Waals surface area contributed by atoms with Crippen LogP contribution in [0.1, 0.15) is 30.5 Å². The second-order valence-electron chi connectivity index (χ2n) is 6.54. The normalized spacial score (nSPS) is 12.0. The highest BCUT2D eigenvalue weighted by atomic mass is 32.2. The van der Waals surface area contributed by atoms with Crippen molar-refractivity contribution in [1.82, 2.24) is 10.6 Å². The maximum Gasteiger partial charge on any atom is 0.229 e. The lowest BCUT2D eigenvalue weighted by Gasteiger charge is -2.19. The van der Waals surface area contributed by atoms with Crippen LogP contribution in [0.25, 0.3) is 0 Å². The van der Waals surface area contributed by atoms with Crippen molar-refractivity contribution in [2.75, 3.05) is 18.1 Å². The molecule has 0 radical (unpaired) electrons. The summed E-state index contributed by atoms with van der Waals surface area (Å²) in [6, 6.07) is 13.4. The van der Waals surface area contributed by atoms with Crippen molar-refractivity contribution in [3.63, 3.8) is 0 Å². The van der Waals surface area contributed by atoms with Gasteiger partial charge in [0.1, 0.15) is 5.75 Å². The number of carbonyl (C=O) groups is 2. The van der Waals surface area contributed by atoms with Crippen LogP contribution in [0.15, 0.2) is 48.5 Å².